The summed E-state index contributed by atoms with van der Waals surface area (Å²) in [5.41, 5.74) is -4.59. The molecule has 1 amide bonds. The Kier molecular flexibility index (Phi) is 9.45. The number of likely N-dealkylation sites (N-methyl/N-ethyl adjacent to an activating group) is 2. The van der Waals surface area contributed by atoms with E-state index in [1.807, 2.05) is 25.9 Å². The van der Waals surface area contributed by atoms with Crippen molar-refractivity contribution in [1.29, 1.82) is 0 Å². The maximum absolute atomic E-state index is 13.7. The van der Waals surface area contributed by atoms with Crippen LogP contribution in [0.15, 0.2) is 48.7 Å². The highest BCUT2D eigenvalue weighted by atomic mass is 19.4. The second kappa shape index (κ2) is 12.2. The molecule has 1 aromatic heterocycles. The highest BCUT2D eigenvalue weighted by Crippen LogP contribution is 2.40. The van der Waals surface area contributed by atoms with E-state index < -0.39 is 40.4 Å². The number of alkyl halides is 6. The summed E-state index contributed by atoms with van der Waals surface area (Å²) in [4.78, 5) is 25.2. The third kappa shape index (κ3) is 7.50. The molecule has 3 aromatic rings. The second-order valence-corrected chi connectivity index (χ2v) is 10.6. The molecular formula is C29H32F6N4O3. The zero-order chi connectivity index (χ0) is 31.6. The largest absolute Gasteiger partial charge is 0.462 e. The minimum atomic E-state index is -5.07. The molecule has 0 radical (unpaired) electrons. The summed E-state index contributed by atoms with van der Waals surface area (Å²) in [6.45, 7) is 6.42. The van der Waals surface area contributed by atoms with E-state index in [4.69, 9.17) is 9.47 Å². The van der Waals surface area contributed by atoms with Crippen LogP contribution in [0.25, 0.3) is 0 Å². The number of ether oxygens (including phenoxy) is 2. The third-order valence-electron chi connectivity index (χ3n) is 6.86. The first kappa shape index (κ1) is 32.6. The van der Waals surface area contributed by atoms with E-state index in [0.29, 0.717) is 17.9 Å². The fourth-order valence-electron chi connectivity index (χ4n) is 3.81. The quantitative estimate of drug-likeness (QED) is 0.250. The van der Waals surface area contributed by atoms with Gasteiger partial charge in [-0.15, -0.1) is 0 Å². The molecule has 0 bridgehead atoms. The summed E-state index contributed by atoms with van der Waals surface area (Å²) >= 11 is 0. The average molecular weight is 599 g/mol. The molecule has 1 heterocycles. The van der Waals surface area contributed by atoms with Crippen molar-refractivity contribution < 1.29 is 40.6 Å². The first-order valence-electron chi connectivity index (χ1n) is 12.8. The van der Waals surface area contributed by atoms with Crippen molar-refractivity contribution in [2.24, 2.45) is 0 Å². The van der Waals surface area contributed by atoms with Gasteiger partial charge in [-0.3, -0.25) is 4.79 Å². The van der Waals surface area contributed by atoms with Crippen molar-refractivity contribution in [3.05, 3.63) is 70.9 Å². The highest BCUT2D eigenvalue weighted by Gasteiger charge is 2.41. The Morgan fingerprint density at radius 1 is 0.929 bits per heavy atom. The molecule has 0 fully saturated rings. The van der Waals surface area contributed by atoms with Crippen LogP contribution in [-0.4, -0.2) is 54.6 Å². The van der Waals surface area contributed by atoms with Crippen LogP contribution >= 0.6 is 0 Å². The van der Waals surface area contributed by atoms with E-state index in [2.05, 4.69) is 9.97 Å². The van der Waals surface area contributed by atoms with Gasteiger partial charge in [-0.1, -0.05) is 18.2 Å². The van der Waals surface area contributed by atoms with Crippen LogP contribution < -0.4 is 14.4 Å². The molecule has 3 rings (SSSR count). The molecular weight excluding hydrogens is 566 g/mol. The lowest BCUT2D eigenvalue weighted by molar-refractivity contribution is -0.143. The maximum atomic E-state index is 13.7. The summed E-state index contributed by atoms with van der Waals surface area (Å²) in [5.74, 6) is -0.528. The number of halogens is 6. The number of benzene rings is 2. The smallest absolute Gasteiger partial charge is 0.416 e. The summed E-state index contributed by atoms with van der Waals surface area (Å²) < 4.78 is 92.9. The number of aromatic nitrogens is 2. The number of hydrogen-bond acceptors (Lipinski definition) is 6. The molecule has 0 aliphatic heterocycles. The van der Waals surface area contributed by atoms with E-state index in [1.54, 1.807) is 31.2 Å². The maximum Gasteiger partial charge on any atom is 0.416 e. The molecule has 0 spiro atoms. The van der Waals surface area contributed by atoms with Gasteiger partial charge >= 0.3 is 18.4 Å². The molecule has 0 aliphatic carbocycles. The number of para-hydroxylation sites is 1. The van der Waals surface area contributed by atoms with Gasteiger partial charge in [-0.25, -0.2) is 4.98 Å². The standard InChI is InChI=1S/C29H32F6N4O3/c1-17-10-8-9-11-23(17)42-24-22(15-36-26(37-24)41-16-18(2)38(5)6)39(7)25(40)27(3,4)19-12-20(28(30,31)32)14-21(13-19)29(33,34)35/h8-15,18H,16H2,1-7H3. The number of hydrogen-bond donors (Lipinski definition) is 0. The number of carbonyl (C=O) groups excluding carboxylic acids is 1. The summed E-state index contributed by atoms with van der Waals surface area (Å²) in [5, 5.41) is 0. The molecule has 7 nitrogen and oxygen atoms in total. The molecule has 0 N–H and O–H groups in total. The van der Waals surface area contributed by atoms with Crippen LogP contribution in [0.1, 0.15) is 43.0 Å². The van der Waals surface area contributed by atoms with Gasteiger partial charge in [0.25, 0.3) is 0 Å². The number of amides is 1. The highest BCUT2D eigenvalue weighted by molar-refractivity contribution is 6.01. The van der Waals surface area contributed by atoms with Crippen LogP contribution in [0.3, 0.4) is 0 Å². The Balaban J connectivity index is 2.06. The normalized spacial score (nSPS) is 13.2. The van der Waals surface area contributed by atoms with E-state index in [9.17, 15) is 31.1 Å². The van der Waals surface area contributed by atoms with Crippen molar-refractivity contribution in [1.82, 2.24) is 14.9 Å². The number of rotatable bonds is 9. The van der Waals surface area contributed by atoms with Gasteiger partial charge < -0.3 is 19.3 Å². The van der Waals surface area contributed by atoms with Crippen molar-refractivity contribution in [3.63, 3.8) is 0 Å². The molecule has 13 heteroatoms. The van der Waals surface area contributed by atoms with Crippen molar-refractivity contribution in [2.45, 2.75) is 51.5 Å². The fourth-order valence-corrected chi connectivity index (χ4v) is 3.81. The van der Waals surface area contributed by atoms with Crippen molar-refractivity contribution in [3.8, 4) is 17.6 Å². The lowest BCUT2D eigenvalue weighted by atomic mass is 9.81. The number of carbonyl (C=O) groups is 1. The fraction of sp³-hybridized carbons (Fsp3) is 0.414. The van der Waals surface area contributed by atoms with Gasteiger partial charge in [0.2, 0.25) is 11.8 Å². The Morgan fingerprint density at radius 2 is 1.48 bits per heavy atom. The number of aryl methyl sites for hydroxylation is 1. The summed E-state index contributed by atoms with van der Waals surface area (Å²) in [7, 11) is 5.05. The predicted octanol–water partition coefficient (Wildman–Crippen LogP) is 6.88. The zero-order valence-corrected chi connectivity index (χ0v) is 24.2. The minimum absolute atomic E-state index is 0.00751. The van der Waals surface area contributed by atoms with Crippen molar-refractivity contribution in [2.75, 3.05) is 32.6 Å². The van der Waals surface area contributed by atoms with Crippen LogP contribution in [0, 0.1) is 6.92 Å². The predicted molar refractivity (Wildman–Crippen MR) is 145 cm³/mol. The van der Waals surface area contributed by atoms with Gasteiger partial charge in [0.15, 0.2) is 0 Å². The molecule has 0 saturated heterocycles. The molecule has 0 saturated carbocycles. The van der Waals surface area contributed by atoms with E-state index in [-0.39, 0.29) is 36.3 Å². The zero-order valence-electron chi connectivity index (χ0n) is 24.2. The molecule has 0 aliphatic rings. The van der Waals surface area contributed by atoms with Gasteiger partial charge in [0, 0.05) is 13.1 Å². The number of nitrogens with zero attached hydrogens (tertiary/aromatic N) is 4. The second-order valence-electron chi connectivity index (χ2n) is 10.6. The Hall–Kier alpha value is -3.87. The first-order chi connectivity index (χ1) is 19.3. The van der Waals surface area contributed by atoms with Crippen molar-refractivity contribution >= 4 is 11.6 Å². The van der Waals surface area contributed by atoms with Gasteiger partial charge in [0.1, 0.15) is 18.0 Å². The Labute approximate surface area is 240 Å². The summed E-state index contributed by atoms with van der Waals surface area (Å²) in [6.07, 6.45) is -8.88. The Morgan fingerprint density at radius 3 is 2.00 bits per heavy atom. The van der Waals surface area contributed by atoms with E-state index in [0.717, 1.165) is 10.5 Å². The Bertz CT molecular complexity index is 1390. The lowest BCUT2D eigenvalue weighted by Gasteiger charge is -2.31. The lowest BCUT2D eigenvalue weighted by Crippen LogP contribution is -2.42. The van der Waals surface area contributed by atoms with Gasteiger partial charge in [0.05, 0.1) is 22.7 Å². The minimum Gasteiger partial charge on any atom is -0.462 e. The van der Waals surface area contributed by atoms with E-state index >= 15 is 0 Å². The van der Waals surface area contributed by atoms with Gasteiger partial charge in [-0.05, 0) is 77.2 Å². The average Bonchev–Trinajstić information content (AvgIpc) is 2.91. The van der Waals surface area contributed by atoms with Gasteiger partial charge in [-0.2, -0.15) is 31.3 Å². The van der Waals surface area contributed by atoms with E-state index in [1.165, 1.54) is 27.1 Å². The molecule has 228 valence electrons. The molecule has 42 heavy (non-hydrogen) atoms. The monoisotopic (exact) mass is 598 g/mol. The topological polar surface area (TPSA) is 67.8 Å². The van der Waals surface area contributed by atoms with Crippen LogP contribution in [-0.2, 0) is 22.6 Å². The van der Waals surface area contributed by atoms with Crippen LogP contribution in [0.5, 0.6) is 17.6 Å². The first-order valence-corrected chi connectivity index (χ1v) is 12.8. The SMILES string of the molecule is Cc1ccccc1Oc1nc(OCC(C)N(C)C)ncc1N(C)C(=O)C(C)(C)c1cc(C(F)(F)F)cc(C(F)(F)F)c1. The number of anilines is 1. The third-order valence-corrected chi connectivity index (χ3v) is 6.86. The molecule has 1 unspecified atom stereocenters. The van der Waals surface area contributed by atoms with Crippen LogP contribution in [0.2, 0.25) is 0 Å². The van der Waals surface area contributed by atoms with Crippen LogP contribution in [0.4, 0.5) is 32.0 Å². The molecule has 1 atom stereocenters. The molecule has 2 aromatic carbocycles. The summed E-state index contributed by atoms with van der Waals surface area (Å²) in [6, 6.07) is 8.05.